The molecule has 0 amide bonds. The second-order valence-corrected chi connectivity index (χ2v) is 5.11. The second-order valence-electron chi connectivity index (χ2n) is 5.11. The largest absolute Gasteiger partial charge is 0.494 e. The fourth-order valence-electron chi connectivity index (χ4n) is 2.01. The highest BCUT2D eigenvalue weighted by Crippen LogP contribution is 2.17. The first kappa shape index (κ1) is 17.8. The topological polar surface area (TPSA) is 42.5 Å². The molecule has 4 heteroatoms. The number of benzene rings is 1. The molecule has 0 aliphatic carbocycles. The van der Waals surface area contributed by atoms with Crippen molar-refractivity contribution < 1.29 is 9.47 Å². The van der Waals surface area contributed by atoms with Gasteiger partial charge in [-0.2, -0.15) is 0 Å². The van der Waals surface area contributed by atoms with E-state index in [1.54, 1.807) is 7.11 Å². The zero-order valence-corrected chi connectivity index (χ0v) is 13.5. The van der Waals surface area contributed by atoms with Gasteiger partial charge in [-0.3, -0.25) is 0 Å². The van der Waals surface area contributed by atoms with E-state index >= 15 is 0 Å². The molecule has 1 rings (SSSR count). The van der Waals surface area contributed by atoms with Crippen molar-refractivity contribution in [3.63, 3.8) is 0 Å². The summed E-state index contributed by atoms with van der Waals surface area (Å²) in [7, 11) is 1.72. The number of unbranched alkanes of at least 4 members (excludes halogenated alkanes) is 3. The summed E-state index contributed by atoms with van der Waals surface area (Å²) < 4.78 is 10.8. The molecule has 0 aromatic heterocycles. The van der Waals surface area contributed by atoms with E-state index < -0.39 is 0 Å². The molecule has 0 saturated heterocycles. The lowest BCUT2D eigenvalue weighted by molar-refractivity contribution is 0.200. The van der Waals surface area contributed by atoms with Crippen LogP contribution in [0.3, 0.4) is 0 Å². The summed E-state index contributed by atoms with van der Waals surface area (Å²) in [5, 5.41) is 6.70. The number of rotatable bonds is 13. The van der Waals surface area contributed by atoms with Gasteiger partial charge in [0.1, 0.15) is 5.75 Å². The summed E-state index contributed by atoms with van der Waals surface area (Å²) in [6, 6.07) is 8.18. The molecule has 120 valence electrons. The van der Waals surface area contributed by atoms with Gasteiger partial charge in [0.2, 0.25) is 0 Å². The summed E-state index contributed by atoms with van der Waals surface area (Å²) in [6.07, 6.45) is 4.94. The molecule has 0 saturated carbocycles. The summed E-state index contributed by atoms with van der Waals surface area (Å²) >= 11 is 0. The Labute approximate surface area is 129 Å². The average molecular weight is 294 g/mol. The van der Waals surface area contributed by atoms with Gasteiger partial charge in [0.05, 0.1) is 13.2 Å². The van der Waals surface area contributed by atoms with Crippen molar-refractivity contribution in [1.82, 2.24) is 5.32 Å². The van der Waals surface area contributed by atoms with Crippen LogP contribution in [0.1, 0.15) is 32.6 Å². The number of hydrogen-bond donors (Lipinski definition) is 2. The molecule has 2 N–H and O–H groups in total. The number of methoxy groups -OCH3 is 1. The first-order chi connectivity index (χ1) is 10.4. The molecule has 21 heavy (non-hydrogen) atoms. The van der Waals surface area contributed by atoms with Crippen LogP contribution in [-0.4, -0.2) is 40.0 Å². The predicted molar refractivity (Wildman–Crippen MR) is 89.3 cm³/mol. The molecule has 4 nitrogen and oxygen atoms in total. The maximum absolute atomic E-state index is 5.78. The zero-order chi connectivity index (χ0) is 15.2. The molecule has 1 aromatic carbocycles. The molecule has 0 heterocycles. The molecule has 0 spiro atoms. The van der Waals surface area contributed by atoms with Crippen molar-refractivity contribution in [2.45, 2.75) is 32.6 Å². The highest BCUT2D eigenvalue weighted by atomic mass is 16.5. The first-order valence-corrected chi connectivity index (χ1v) is 8.03. The van der Waals surface area contributed by atoms with Crippen molar-refractivity contribution in [3.8, 4) is 5.75 Å². The third-order valence-electron chi connectivity index (χ3n) is 3.21. The third kappa shape index (κ3) is 9.32. The number of ether oxygens (including phenoxy) is 2. The Bertz CT molecular complexity index is 358. The van der Waals surface area contributed by atoms with E-state index in [9.17, 15) is 0 Å². The third-order valence-corrected chi connectivity index (χ3v) is 3.21. The van der Waals surface area contributed by atoms with E-state index in [0.717, 1.165) is 50.7 Å². The van der Waals surface area contributed by atoms with Gasteiger partial charge in [0.25, 0.3) is 0 Å². The van der Waals surface area contributed by atoms with E-state index in [0.29, 0.717) is 0 Å². The summed E-state index contributed by atoms with van der Waals surface area (Å²) in [5.41, 5.74) is 1.11. The predicted octanol–water partition coefficient (Wildman–Crippen LogP) is 3.29. The van der Waals surface area contributed by atoms with E-state index in [-0.39, 0.29) is 0 Å². The maximum Gasteiger partial charge on any atom is 0.121 e. The Morgan fingerprint density at radius 2 is 1.90 bits per heavy atom. The van der Waals surface area contributed by atoms with Crippen LogP contribution in [0.2, 0.25) is 0 Å². The Hall–Kier alpha value is -1.26. The van der Waals surface area contributed by atoms with Gasteiger partial charge in [0, 0.05) is 38.5 Å². The summed E-state index contributed by atoms with van der Waals surface area (Å²) in [4.78, 5) is 0. The molecule has 0 aliphatic rings. The molecular formula is C17H30N2O2. The fraction of sp³-hybridized carbons (Fsp3) is 0.647. The van der Waals surface area contributed by atoms with Gasteiger partial charge >= 0.3 is 0 Å². The Balaban J connectivity index is 2.16. The Kier molecular flexibility index (Phi) is 10.6. The van der Waals surface area contributed by atoms with Crippen LogP contribution >= 0.6 is 0 Å². The summed E-state index contributed by atoms with van der Waals surface area (Å²) in [5.74, 6) is 0.948. The monoisotopic (exact) mass is 294 g/mol. The molecular weight excluding hydrogens is 264 g/mol. The first-order valence-electron chi connectivity index (χ1n) is 8.03. The summed E-state index contributed by atoms with van der Waals surface area (Å²) in [6.45, 7) is 6.48. The lowest BCUT2D eigenvalue weighted by Gasteiger charge is -2.10. The quantitative estimate of drug-likeness (QED) is 0.548. The minimum absolute atomic E-state index is 0.751. The highest BCUT2D eigenvalue weighted by molar-refractivity contribution is 5.48. The van der Waals surface area contributed by atoms with Crippen molar-refractivity contribution in [3.05, 3.63) is 24.3 Å². The van der Waals surface area contributed by atoms with E-state index in [4.69, 9.17) is 9.47 Å². The fourth-order valence-corrected chi connectivity index (χ4v) is 2.01. The number of hydrogen-bond acceptors (Lipinski definition) is 4. The van der Waals surface area contributed by atoms with Gasteiger partial charge in [0.15, 0.2) is 0 Å². The normalized spacial score (nSPS) is 10.6. The SMILES string of the molecule is CCCCCCOc1cccc(NCCNCCOC)c1. The van der Waals surface area contributed by atoms with Crippen molar-refractivity contribution in [2.75, 3.05) is 45.3 Å². The number of anilines is 1. The van der Waals surface area contributed by atoms with Crippen LogP contribution in [0.25, 0.3) is 0 Å². The van der Waals surface area contributed by atoms with Crippen LogP contribution in [0.4, 0.5) is 5.69 Å². The Morgan fingerprint density at radius 1 is 1.00 bits per heavy atom. The molecule has 0 unspecified atom stereocenters. The standard InChI is InChI=1S/C17H30N2O2/c1-3-4-5-6-13-21-17-9-7-8-16(15-17)19-11-10-18-12-14-20-2/h7-9,15,18-19H,3-6,10-14H2,1-2H3. The molecule has 1 aromatic rings. The van der Waals surface area contributed by atoms with Gasteiger partial charge in [-0.1, -0.05) is 32.3 Å². The Morgan fingerprint density at radius 3 is 2.71 bits per heavy atom. The van der Waals surface area contributed by atoms with Gasteiger partial charge < -0.3 is 20.1 Å². The molecule has 0 aliphatic heterocycles. The smallest absolute Gasteiger partial charge is 0.121 e. The average Bonchev–Trinajstić information content (AvgIpc) is 2.51. The lowest BCUT2D eigenvalue weighted by Crippen LogP contribution is -2.25. The van der Waals surface area contributed by atoms with Crippen LogP contribution in [0, 0.1) is 0 Å². The zero-order valence-electron chi connectivity index (χ0n) is 13.5. The molecule has 0 fully saturated rings. The lowest BCUT2D eigenvalue weighted by atomic mass is 10.2. The van der Waals surface area contributed by atoms with E-state index in [1.165, 1.54) is 19.3 Å². The number of nitrogens with one attached hydrogen (secondary N) is 2. The van der Waals surface area contributed by atoms with Crippen molar-refractivity contribution in [1.29, 1.82) is 0 Å². The van der Waals surface area contributed by atoms with Gasteiger partial charge in [-0.15, -0.1) is 0 Å². The van der Waals surface area contributed by atoms with Crippen molar-refractivity contribution in [2.24, 2.45) is 0 Å². The minimum Gasteiger partial charge on any atom is -0.494 e. The van der Waals surface area contributed by atoms with Crippen LogP contribution in [0.15, 0.2) is 24.3 Å². The molecule has 0 atom stereocenters. The molecule has 0 radical (unpaired) electrons. The van der Waals surface area contributed by atoms with Crippen LogP contribution in [0.5, 0.6) is 5.75 Å². The van der Waals surface area contributed by atoms with Crippen LogP contribution < -0.4 is 15.4 Å². The highest BCUT2D eigenvalue weighted by Gasteiger charge is 1.97. The molecule has 0 bridgehead atoms. The maximum atomic E-state index is 5.78. The van der Waals surface area contributed by atoms with Gasteiger partial charge in [-0.25, -0.2) is 0 Å². The minimum atomic E-state index is 0.751. The van der Waals surface area contributed by atoms with E-state index in [2.05, 4.69) is 29.7 Å². The van der Waals surface area contributed by atoms with Gasteiger partial charge in [-0.05, 0) is 18.6 Å². The van der Waals surface area contributed by atoms with E-state index in [1.807, 2.05) is 12.1 Å². The van der Waals surface area contributed by atoms with Crippen molar-refractivity contribution >= 4 is 5.69 Å². The second kappa shape index (κ2) is 12.5. The van der Waals surface area contributed by atoms with Crippen LogP contribution in [-0.2, 0) is 4.74 Å².